The highest BCUT2D eigenvalue weighted by atomic mass is 32.2. The van der Waals surface area contributed by atoms with Crippen molar-refractivity contribution in [3.8, 4) is 0 Å². The van der Waals surface area contributed by atoms with E-state index in [0.717, 1.165) is 31.4 Å². The summed E-state index contributed by atoms with van der Waals surface area (Å²) in [7, 11) is -3.44. The number of benzene rings is 1. The van der Waals surface area contributed by atoms with Crippen molar-refractivity contribution in [1.82, 2.24) is 4.98 Å². The van der Waals surface area contributed by atoms with Gasteiger partial charge in [0.2, 0.25) is 10.0 Å². The Morgan fingerprint density at radius 1 is 1.19 bits per heavy atom. The first-order valence-electron chi connectivity index (χ1n) is 6.85. The Balaban J connectivity index is 1.73. The number of aromatic nitrogens is 1. The Labute approximate surface area is 128 Å². The SMILES string of the molecule is Nc1ccc(CS(=O)(=O)Nc2nc3c(s2)CCCC3)cc1. The molecule has 112 valence electrons. The first-order chi connectivity index (χ1) is 10.0. The van der Waals surface area contributed by atoms with Crippen LogP contribution in [0.25, 0.3) is 0 Å². The van der Waals surface area contributed by atoms with E-state index in [2.05, 4.69) is 9.71 Å². The van der Waals surface area contributed by atoms with Gasteiger partial charge >= 0.3 is 0 Å². The Kier molecular flexibility index (Phi) is 3.86. The largest absolute Gasteiger partial charge is 0.399 e. The minimum Gasteiger partial charge on any atom is -0.399 e. The average molecular weight is 323 g/mol. The lowest BCUT2D eigenvalue weighted by Gasteiger charge is -2.06. The van der Waals surface area contributed by atoms with Crippen molar-refractivity contribution in [3.63, 3.8) is 0 Å². The maximum absolute atomic E-state index is 12.2. The van der Waals surface area contributed by atoms with E-state index < -0.39 is 10.0 Å². The fourth-order valence-electron chi connectivity index (χ4n) is 2.40. The minimum atomic E-state index is -3.44. The summed E-state index contributed by atoms with van der Waals surface area (Å²) in [4.78, 5) is 5.61. The van der Waals surface area contributed by atoms with E-state index in [1.807, 2.05) is 0 Å². The van der Waals surface area contributed by atoms with Gasteiger partial charge in [-0.05, 0) is 43.4 Å². The summed E-state index contributed by atoms with van der Waals surface area (Å²) in [6.07, 6.45) is 4.25. The highest BCUT2D eigenvalue weighted by molar-refractivity contribution is 7.92. The number of hydrogen-bond donors (Lipinski definition) is 2. The lowest BCUT2D eigenvalue weighted by Crippen LogP contribution is -2.15. The molecule has 1 aliphatic carbocycles. The van der Waals surface area contributed by atoms with E-state index in [1.54, 1.807) is 24.3 Å². The molecule has 5 nitrogen and oxygen atoms in total. The molecule has 0 bridgehead atoms. The number of fused-ring (bicyclic) bond motifs is 1. The van der Waals surface area contributed by atoms with E-state index in [9.17, 15) is 8.42 Å². The standard InChI is InChI=1S/C14H17N3O2S2/c15-11-7-5-10(6-8-11)9-21(18,19)17-14-16-12-3-1-2-4-13(12)20-14/h5-8H,1-4,9,15H2,(H,16,17). The molecule has 0 amide bonds. The lowest BCUT2D eigenvalue weighted by atomic mass is 10.0. The van der Waals surface area contributed by atoms with Crippen LogP contribution in [0.15, 0.2) is 24.3 Å². The molecule has 0 saturated heterocycles. The van der Waals surface area contributed by atoms with Gasteiger partial charge in [0.25, 0.3) is 0 Å². The predicted molar refractivity (Wildman–Crippen MR) is 85.9 cm³/mol. The fraction of sp³-hybridized carbons (Fsp3) is 0.357. The second-order valence-corrected chi connectivity index (χ2v) is 8.00. The van der Waals surface area contributed by atoms with E-state index in [-0.39, 0.29) is 5.75 Å². The van der Waals surface area contributed by atoms with Gasteiger partial charge < -0.3 is 5.73 Å². The van der Waals surface area contributed by atoms with Gasteiger partial charge in [-0.2, -0.15) is 0 Å². The molecular formula is C14H17N3O2S2. The molecule has 0 radical (unpaired) electrons. The number of anilines is 2. The zero-order valence-electron chi connectivity index (χ0n) is 11.5. The number of nitrogens with two attached hydrogens (primary N) is 1. The van der Waals surface area contributed by atoms with Crippen molar-refractivity contribution >= 4 is 32.2 Å². The summed E-state index contributed by atoms with van der Waals surface area (Å²) < 4.78 is 27.0. The summed E-state index contributed by atoms with van der Waals surface area (Å²) >= 11 is 1.45. The molecule has 0 fully saturated rings. The fourth-order valence-corrected chi connectivity index (χ4v) is 4.86. The first kappa shape index (κ1) is 14.3. The third kappa shape index (κ3) is 3.54. The van der Waals surface area contributed by atoms with Crippen LogP contribution in [0.2, 0.25) is 0 Å². The number of nitrogen functional groups attached to an aromatic ring is 1. The normalized spacial score (nSPS) is 14.7. The number of rotatable bonds is 4. The molecule has 0 atom stereocenters. The zero-order chi connectivity index (χ0) is 14.9. The van der Waals surface area contributed by atoms with E-state index in [4.69, 9.17) is 5.73 Å². The summed E-state index contributed by atoms with van der Waals surface area (Å²) in [5.41, 5.74) is 7.98. The predicted octanol–water partition coefficient (Wildman–Crippen LogP) is 2.55. The van der Waals surface area contributed by atoms with Gasteiger partial charge in [-0.15, -0.1) is 11.3 Å². The molecule has 0 spiro atoms. The van der Waals surface area contributed by atoms with Crippen molar-refractivity contribution in [2.75, 3.05) is 10.5 Å². The Hall–Kier alpha value is -1.60. The Bertz CT molecular complexity index is 713. The third-order valence-electron chi connectivity index (χ3n) is 3.42. The highest BCUT2D eigenvalue weighted by Crippen LogP contribution is 2.30. The van der Waals surface area contributed by atoms with Crippen LogP contribution in [-0.4, -0.2) is 13.4 Å². The molecule has 2 aromatic rings. The van der Waals surface area contributed by atoms with Crippen LogP contribution >= 0.6 is 11.3 Å². The Morgan fingerprint density at radius 3 is 2.62 bits per heavy atom. The van der Waals surface area contributed by atoms with Crippen LogP contribution in [0.4, 0.5) is 10.8 Å². The quantitative estimate of drug-likeness (QED) is 0.847. The molecule has 0 aliphatic heterocycles. The topological polar surface area (TPSA) is 85.1 Å². The smallest absolute Gasteiger partial charge is 0.238 e. The van der Waals surface area contributed by atoms with E-state index in [0.29, 0.717) is 16.4 Å². The van der Waals surface area contributed by atoms with E-state index >= 15 is 0 Å². The molecular weight excluding hydrogens is 306 g/mol. The maximum Gasteiger partial charge on any atom is 0.238 e. The van der Waals surface area contributed by atoms with Crippen LogP contribution in [0, 0.1) is 0 Å². The van der Waals surface area contributed by atoms with Crippen LogP contribution < -0.4 is 10.5 Å². The zero-order valence-corrected chi connectivity index (χ0v) is 13.1. The summed E-state index contributed by atoms with van der Waals surface area (Å²) in [5.74, 6) is -0.0719. The van der Waals surface area contributed by atoms with Crippen molar-refractivity contribution in [1.29, 1.82) is 0 Å². The number of hydrogen-bond acceptors (Lipinski definition) is 5. The molecule has 1 heterocycles. The van der Waals surface area contributed by atoms with Crippen molar-refractivity contribution in [3.05, 3.63) is 40.4 Å². The van der Waals surface area contributed by atoms with Gasteiger partial charge in [0.1, 0.15) is 0 Å². The van der Waals surface area contributed by atoms with Gasteiger partial charge in [-0.3, -0.25) is 4.72 Å². The van der Waals surface area contributed by atoms with Gasteiger partial charge in [0.05, 0.1) is 11.4 Å². The molecule has 3 rings (SSSR count). The van der Waals surface area contributed by atoms with Crippen molar-refractivity contribution in [2.24, 2.45) is 0 Å². The van der Waals surface area contributed by atoms with Crippen molar-refractivity contribution in [2.45, 2.75) is 31.4 Å². The van der Waals surface area contributed by atoms with Crippen molar-refractivity contribution < 1.29 is 8.42 Å². The monoisotopic (exact) mass is 323 g/mol. The molecule has 21 heavy (non-hydrogen) atoms. The summed E-state index contributed by atoms with van der Waals surface area (Å²) in [5, 5.41) is 0.484. The van der Waals surface area contributed by atoms with Crippen LogP contribution in [-0.2, 0) is 28.6 Å². The van der Waals surface area contributed by atoms with Crippen LogP contribution in [0.1, 0.15) is 29.0 Å². The number of nitrogens with zero attached hydrogens (tertiary/aromatic N) is 1. The van der Waals surface area contributed by atoms with Gasteiger partial charge in [-0.1, -0.05) is 12.1 Å². The lowest BCUT2D eigenvalue weighted by molar-refractivity contribution is 0.600. The highest BCUT2D eigenvalue weighted by Gasteiger charge is 2.19. The minimum absolute atomic E-state index is 0.0719. The van der Waals surface area contributed by atoms with Gasteiger partial charge in [0, 0.05) is 10.6 Å². The molecule has 3 N–H and O–H groups in total. The molecule has 7 heteroatoms. The molecule has 1 aliphatic rings. The summed E-state index contributed by atoms with van der Waals surface area (Å²) in [6.45, 7) is 0. The molecule has 0 saturated carbocycles. The molecule has 0 unspecified atom stereocenters. The summed E-state index contributed by atoms with van der Waals surface area (Å²) in [6, 6.07) is 6.85. The van der Waals surface area contributed by atoms with Gasteiger partial charge in [-0.25, -0.2) is 13.4 Å². The number of aryl methyl sites for hydroxylation is 2. The molecule has 1 aromatic heterocycles. The van der Waals surface area contributed by atoms with Crippen LogP contribution in [0.3, 0.4) is 0 Å². The first-order valence-corrected chi connectivity index (χ1v) is 9.32. The molecule has 1 aromatic carbocycles. The van der Waals surface area contributed by atoms with Crippen LogP contribution in [0.5, 0.6) is 0 Å². The second-order valence-electron chi connectivity index (χ2n) is 5.20. The number of thiazole rings is 1. The van der Waals surface area contributed by atoms with Gasteiger partial charge in [0.15, 0.2) is 5.13 Å². The average Bonchev–Trinajstić information content (AvgIpc) is 2.82. The second kappa shape index (κ2) is 5.65. The number of nitrogens with one attached hydrogen (secondary N) is 1. The van der Waals surface area contributed by atoms with E-state index in [1.165, 1.54) is 16.2 Å². The maximum atomic E-state index is 12.2. The third-order valence-corrected chi connectivity index (χ3v) is 5.84. The Morgan fingerprint density at radius 2 is 1.90 bits per heavy atom. The number of sulfonamides is 1.